The van der Waals surface area contributed by atoms with Gasteiger partial charge in [0.2, 0.25) is 0 Å². The molecule has 1 rings (SSSR count). The summed E-state index contributed by atoms with van der Waals surface area (Å²) in [4.78, 5) is 2.46. The van der Waals surface area contributed by atoms with Gasteiger partial charge in [-0.05, 0) is 44.9 Å². The van der Waals surface area contributed by atoms with Crippen molar-refractivity contribution in [3.63, 3.8) is 0 Å². The molecule has 1 aliphatic heterocycles. The molecule has 0 unspecified atom stereocenters. The number of nitrogens with two attached hydrogens (primary N) is 2. The standard InChI is InChI=1S/C8H19N3/c9-5-8(6-10)7-11-3-1-2-4-11/h8H,1-7,9-10H2. The monoisotopic (exact) mass is 157 g/mol. The van der Waals surface area contributed by atoms with E-state index in [0.717, 1.165) is 19.6 Å². The number of hydrogen-bond donors (Lipinski definition) is 2. The zero-order valence-electron chi connectivity index (χ0n) is 7.13. The van der Waals surface area contributed by atoms with Crippen LogP contribution in [0.1, 0.15) is 12.8 Å². The number of nitrogens with zero attached hydrogens (tertiary/aromatic N) is 1. The Morgan fingerprint density at radius 1 is 1.09 bits per heavy atom. The Bertz CT molecular complexity index is 95.5. The van der Waals surface area contributed by atoms with Crippen molar-refractivity contribution in [3.8, 4) is 0 Å². The maximum Gasteiger partial charge on any atom is 0.00338 e. The topological polar surface area (TPSA) is 55.3 Å². The van der Waals surface area contributed by atoms with E-state index in [-0.39, 0.29) is 0 Å². The van der Waals surface area contributed by atoms with Crippen LogP contribution in [0.3, 0.4) is 0 Å². The van der Waals surface area contributed by atoms with Gasteiger partial charge in [0.1, 0.15) is 0 Å². The highest BCUT2D eigenvalue weighted by atomic mass is 15.1. The first-order chi connectivity index (χ1) is 5.36. The normalized spacial score (nSPS) is 19.9. The Labute approximate surface area is 68.7 Å². The first kappa shape index (κ1) is 8.97. The van der Waals surface area contributed by atoms with Crippen molar-refractivity contribution >= 4 is 0 Å². The van der Waals surface area contributed by atoms with Crippen molar-refractivity contribution < 1.29 is 0 Å². The minimum Gasteiger partial charge on any atom is -0.330 e. The van der Waals surface area contributed by atoms with Gasteiger partial charge >= 0.3 is 0 Å². The molecule has 0 saturated carbocycles. The molecule has 3 heteroatoms. The largest absolute Gasteiger partial charge is 0.330 e. The van der Waals surface area contributed by atoms with Crippen molar-refractivity contribution in [1.29, 1.82) is 0 Å². The molecule has 0 bridgehead atoms. The summed E-state index contributed by atoms with van der Waals surface area (Å²) in [5.74, 6) is 0.507. The zero-order valence-corrected chi connectivity index (χ0v) is 7.13. The lowest BCUT2D eigenvalue weighted by atomic mass is 10.1. The van der Waals surface area contributed by atoms with Gasteiger partial charge in [-0.3, -0.25) is 0 Å². The second-order valence-electron chi connectivity index (χ2n) is 3.35. The average molecular weight is 157 g/mol. The van der Waals surface area contributed by atoms with Crippen molar-refractivity contribution in [3.05, 3.63) is 0 Å². The molecule has 66 valence electrons. The van der Waals surface area contributed by atoms with Crippen molar-refractivity contribution in [2.75, 3.05) is 32.7 Å². The highest BCUT2D eigenvalue weighted by Gasteiger charge is 2.14. The third-order valence-electron chi connectivity index (χ3n) is 2.38. The van der Waals surface area contributed by atoms with Crippen LogP contribution in [-0.4, -0.2) is 37.6 Å². The Morgan fingerprint density at radius 2 is 1.64 bits per heavy atom. The van der Waals surface area contributed by atoms with Gasteiger partial charge in [0.15, 0.2) is 0 Å². The molecule has 1 aliphatic rings. The van der Waals surface area contributed by atoms with Gasteiger partial charge in [0.05, 0.1) is 0 Å². The molecule has 11 heavy (non-hydrogen) atoms. The van der Waals surface area contributed by atoms with Crippen molar-refractivity contribution in [1.82, 2.24) is 4.90 Å². The second-order valence-corrected chi connectivity index (χ2v) is 3.35. The number of rotatable bonds is 4. The predicted octanol–water partition coefficient (Wildman–Crippen LogP) is -0.384. The molecular weight excluding hydrogens is 138 g/mol. The molecule has 0 aliphatic carbocycles. The van der Waals surface area contributed by atoms with E-state index < -0.39 is 0 Å². The van der Waals surface area contributed by atoms with E-state index in [0.29, 0.717) is 5.92 Å². The van der Waals surface area contributed by atoms with E-state index in [1.54, 1.807) is 0 Å². The molecule has 1 fully saturated rings. The first-order valence-corrected chi connectivity index (χ1v) is 4.49. The van der Waals surface area contributed by atoms with Crippen LogP contribution < -0.4 is 11.5 Å². The van der Waals surface area contributed by atoms with Gasteiger partial charge in [0.25, 0.3) is 0 Å². The van der Waals surface area contributed by atoms with E-state index in [1.165, 1.54) is 25.9 Å². The van der Waals surface area contributed by atoms with Gasteiger partial charge in [-0.25, -0.2) is 0 Å². The predicted molar refractivity (Wildman–Crippen MR) is 47.3 cm³/mol. The maximum atomic E-state index is 5.55. The van der Waals surface area contributed by atoms with E-state index in [4.69, 9.17) is 11.5 Å². The maximum absolute atomic E-state index is 5.55. The zero-order chi connectivity index (χ0) is 8.10. The van der Waals surface area contributed by atoms with Crippen LogP contribution in [0.4, 0.5) is 0 Å². The fourth-order valence-corrected chi connectivity index (χ4v) is 1.58. The molecule has 1 saturated heterocycles. The molecule has 4 N–H and O–H groups in total. The van der Waals surface area contributed by atoms with Crippen LogP contribution in [0, 0.1) is 5.92 Å². The van der Waals surface area contributed by atoms with Crippen LogP contribution in [0.25, 0.3) is 0 Å². The lowest BCUT2D eigenvalue weighted by molar-refractivity contribution is 0.284. The van der Waals surface area contributed by atoms with Crippen LogP contribution in [-0.2, 0) is 0 Å². The fourth-order valence-electron chi connectivity index (χ4n) is 1.58. The summed E-state index contributed by atoms with van der Waals surface area (Å²) in [6.07, 6.45) is 2.70. The molecule has 0 aromatic carbocycles. The Morgan fingerprint density at radius 3 is 2.09 bits per heavy atom. The molecule has 3 nitrogen and oxygen atoms in total. The molecule has 0 atom stereocenters. The van der Waals surface area contributed by atoms with Crippen LogP contribution >= 0.6 is 0 Å². The van der Waals surface area contributed by atoms with Gasteiger partial charge in [0, 0.05) is 6.54 Å². The second kappa shape index (κ2) is 4.70. The highest BCUT2D eigenvalue weighted by molar-refractivity contribution is 4.71. The lowest BCUT2D eigenvalue weighted by Gasteiger charge is -2.20. The molecule has 0 aromatic heterocycles. The summed E-state index contributed by atoms with van der Waals surface area (Å²) >= 11 is 0. The molecule has 0 aromatic rings. The SMILES string of the molecule is NCC(CN)CN1CCCC1. The number of hydrogen-bond acceptors (Lipinski definition) is 3. The third-order valence-corrected chi connectivity index (χ3v) is 2.38. The van der Waals surface area contributed by atoms with Crippen LogP contribution in [0.5, 0.6) is 0 Å². The van der Waals surface area contributed by atoms with Crippen LogP contribution in [0.15, 0.2) is 0 Å². The fraction of sp³-hybridized carbons (Fsp3) is 1.00. The quantitative estimate of drug-likeness (QED) is 0.584. The van der Waals surface area contributed by atoms with E-state index >= 15 is 0 Å². The van der Waals surface area contributed by atoms with E-state index in [9.17, 15) is 0 Å². The Hall–Kier alpha value is -0.120. The highest BCUT2D eigenvalue weighted by Crippen LogP contribution is 2.08. The Balaban J connectivity index is 2.16. The van der Waals surface area contributed by atoms with Gasteiger partial charge < -0.3 is 16.4 Å². The summed E-state index contributed by atoms with van der Waals surface area (Å²) in [5.41, 5.74) is 11.1. The third kappa shape index (κ3) is 2.77. The summed E-state index contributed by atoms with van der Waals surface area (Å²) in [6, 6.07) is 0. The summed E-state index contributed by atoms with van der Waals surface area (Å²) in [7, 11) is 0. The van der Waals surface area contributed by atoms with E-state index in [1.807, 2.05) is 0 Å². The molecule has 1 heterocycles. The minimum absolute atomic E-state index is 0.507. The van der Waals surface area contributed by atoms with Gasteiger partial charge in [-0.1, -0.05) is 0 Å². The summed E-state index contributed by atoms with van der Waals surface area (Å²) in [6.45, 7) is 5.06. The minimum atomic E-state index is 0.507. The smallest absolute Gasteiger partial charge is 0.00338 e. The molecular formula is C8H19N3. The van der Waals surface area contributed by atoms with Crippen molar-refractivity contribution in [2.45, 2.75) is 12.8 Å². The van der Waals surface area contributed by atoms with Crippen molar-refractivity contribution in [2.24, 2.45) is 17.4 Å². The van der Waals surface area contributed by atoms with Gasteiger partial charge in [-0.15, -0.1) is 0 Å². The van der Waals surface area contributed by atoms with E-state index in [2.05, 4.69) is 4.90 Å². The summed E-state index contributed by atoms with van der Waals surface area (Å²) in [5, 5.41) is 0. The number of likely N-dealkylation sites (tertiary alicyclic amines) is 1. The first-order valence-electron chi connectivity index (χ1n) is 4.49. The molecule has 0 radical (unpaired) electrons. The van der Waals surface area contributed by atoms with Crippen LogP contribution in [0.2, 0.25) is 0 Å². The summed E-state index contributed by atoms with van der Waals surface area (Å²) < 4.78 is 0. The Kier molecular flexibility index (Phi) is 3.83. The molecule has 0 spiro atoms. The average Bonchev–Trinajstić information content (AvgIpc) is 2.52. The molecule has 0 amide bonds. The van der Waals surface area contributed by atoms with Gasteiger partial charge in [-0.2, -0.15) is 0 Å². The lowest BCUT2D eigenvalue weighted by Crippen LogP contribution is -2.35.